The van der Waals surface area contributed by atoms with Gasteiger partial charge in [-0.1, -0.05) is 0 Å². The molecule has 1 saturated carbocycles. The standard InChI is InChI=1S/C11H22N4O2/c1-7(15(3)9-4-5-9)6-13-8(2)10(16)14-11(12)17/h7-9,13H,4-6H2,1-3H3,(H3,12,14,16,17). The quantitative estimate of drug-likeness (QED) is 0.593. The van der Waals surface area contributed by atoms with E-state index in [4.69, 9.17) is 5.73 Å². The molecule has 0 radical (unpaired) electrons. The summed E-state index contributed by atoms with van der Waals surface area (Å²) in [6, 6.07) is -0.169. The zero-order chi connectivity index (χ0) is 13.0. The number of urea groups is 1. The van der Waals surface area contributed by atoms with Crippen LogP contribution >= 0.6 is 0 Å². The van der Waals surface area contributed by atoms with Crippen molar-refractivity contribution >= 4 is 11.9 Å². The van der Waals surface area contributed by atoms with Crippen molar-refractivity contribution in [2.45, 2.75) is 44.8 Å². The summed E-state index contributed by atoms with van der Waals surface area (Å²) in [4.78, 5) is 24.2. The van der Waals surface area contributed by atoms with Gasteiger partial charge in [-0.15, -0.1) is 0 Å². The monoisotopic (exact) mass is 242 g/mol. The third-order valence-corrected chi connectivity index (χ3v) is 3.18. The van der Waals surface area contributed by atoms with Crippen LogP contribution in [0.2, 0.25) is 0 Å². The molecule has 2 atom stereocenters. The third-order valence-electron chi connectivity index (χ3n) is 3.18. The number of nitrogens with two attached hydrogens (primary N) is 1. The highest BCUT2D eigenvalue weighted by Gasteiger charge is 2.29. The van der Waals surface area contributed by atoms with Gasteiger partial charge in [0.15, 0.2) is 0 Å². The number of rotatable bonds is 6. The molecule has 17 heavy (non-hydrogen) atoms. The van der Waals surface area contributed by atoms with Crippen LogP contribution in [0.25, 0.3) is 0 Å². The van der Waals surface area contributed by atoms with Crippen molar-refractivity contribution < 1.29 is 9.59 Å². The van der Waals surface area contributed by atoms with E-state index in [0.717, 1.165) is 0 Å². The Kier molecular flexibility index (Phi) is 4.89. The average molecular weight is 242 g/mol. The van der Waals surface area contributed by atoms with E-state index in [1.807, 2.05) is 0 Å². The molecule has 2 unspecified atom stereocenters. The Labute approximate surface area is 102 Å². The Bertz CT molecular complexity index is 291. The molecular weight excluding hydrogens is 220 g/mol. The van der Waals surface area contributed by atoms with Gasteiger partial charge in [0.1, 0.15) is 0 Å². The first-order valence-electron chi connectivity index (χ1n) is 5.97. The minimum atomic E-state index is -0.813. The van der Waals surface area contributed by atoms with Crippen LogP contribution in [0.4, 0.5) is 4.79 Å². The number of primary amides is 1. The third kappa shape index (κ3) is 4.70. The molecule has 0 aromatic carbocycles. The maximum absolute atomic E-state index is 11.4. The topological polar surface area (TPSA) is 87.5 Å². The van der Waals surface area contributed by atoms with Crippen LogP contribution in [0.1, 0.15) is 26.7 Å². The molecule has 1 aliphatic carbocycles. The molecule has 1 aliphatic rings. The first kappa shape index (κ1) is 13.9. The molecule has 0 heterocycles. The van der Waals surface area contributed by atoms with Crippen LogP contribution in [0.15, 0.2) is 0 Å². The molecule has 1 rings (SSSR count). The Morgan fingerprint density at radius 3 is 2.47 bits per heavy atom. The van der Waals surface area contributed by atoms with E-state index in [-0.39, 0.29) is 0 Å². The summed E-state index contributed by atoms with van der Waals surface area (Å²) in [5.41, 5.74) is 4.88. The van der Waals surface area contributed by atoms with Crippen molar-refractivity contribution in [1.82, 2.24) is 15.5 Å². The molecule has 0 aromatic heterocycles. The molecule has 0 aromatic rings. The predicted octanol–water partition coefficient (Wildman–Crippen LogP) is -0.358. The van der Waals surface area contributed by atoms with Gasteiger partial charge in [0, 0.05) is 18.6 Å². The lowest BCUT2D eigenvalue weighted by atomic mass is 10.2. The molecule has 0 aliphatic heterocycles. The summed E-state index contributed by atoms with van der Waals surface area (Å²) in [6.07, 6.45) is 2.52. The SMILES string of the molecule is CC(NCC(C)N(C)C1CC1)C(=O)NC(N)=O. The summed E-state index contributed by atoms with van der Waals surface area (Å²) in [5, 5.41) is 5.14. The fourth-order valence-electron chi connectivity index (χ4n) is 1.66. The summed E-state index contributed by atoms with van der Waals surface area (Å²) in [7, 11) is 2.10. The van der Waals surface area contributed by atoms with Crippen LogP contribution in [-0.4, -0.2) is 48.6 Å². The van der Waals surface area contributed by atoms with E-state index in [1.165, 1.54) is 12.8 Å². The highest BCUT2D eigenvalue weighted by Crippen LogP contribution is 2.26. The molecular formula is C11H22N4O2. The number of hydrogen-bond acceptors (Lipinski definition) is 4. The van der Waals surface area contributed by atoms with Crippen molar-refractivity contribution in [1.29, 1.82) is 0 Å². The second kappa shape index (κ2) is 5.97. The Morgan fingerprint density at radius 1 is 1.41 bits per heavy atom. The minimum Gasteiger partial charge on any atom is -0.351 e. The van der Waals surface area contributed by atoms with Gasteiger partial charge in [-0.2, -0.15) is 0 Å². The highest BCUT2D eigenvalue weighted by atomic mass is 16.2. The predicted molar refractivity (Wildman–Crippen MR) is 65.4 cm³/mol. The van der Waals surface area contributed by atoms with Crippen molar-refractivity contribution in [3.8, 4) is 0 Å². The van der Waals surface area contributed by atoms with Gasteiger partial charge in [0.25, 0.3) is 0 Å². The van der Waals surface area contributed by atoms with Gasteiger partial charge < -0.3 is 11.1 Å². The van der Waals surface area contributed by atoms with Crippen molar-refractivity contribution in [2.24, 2.45) is 5.73 Å². The second-order valence-corrected chi connectivity index (χ2v) is 4.73. The minimum absolute atomic E-state index is 0.367. The smallest absolute Gasteiger partial charge is 0.318 e. The molecule has 98 valence electrons. The van der Waals surface area contributed by atoms with Crippen LogP contribution in [0.3, 0.4) is 0 Å². The number of nitrogens with zero attached hydrogens (tertiary/aromatic N) is 1. The number of likely N-dealkylation sites (N-methyl/N-ethyl adjacent to an activating group) is 1. The van der Waals surface area contributed by atoms with Gasteiger partial charge in [0.2, 0.25) is 5.91 Å². The van der Waals surface area contributed by atoms with Gasteiger partial charge >= 0.3 is 6.03 Å². The van der Waals surface area contributed by atoms with Gasteiger partial charge in [-0.25, -0.2) is 4.79 Å². The molecule has 3 amide bonds. The lowest BCUT2D eigenvalue weighted by Crippen LogP contribution is -2.49. The van der Waals surface area contributed by atoms with Gasteiger partial charge in [-0.05, 0) is 33.7 Å². The molecule has 6 nitrogen and oxygen atoms in total. The van der Waals surface area contributed by atoms with Crippen LogP contribution in [0, 0.1) is 0 Å². The summed E-state index contributed by atoms with van der Waals surface area (Å²) < 4.78 is 0. The Morgan fingerprint density at radius 2 is 2.00 bits per heavy atom. The van der Waals surface area contributed by atoms with Crippen molar-refractivity contribution in [2.75, 3.05) is 13.6 Å². The van der Waals surface area contributed by atoms with Gasteiger partial charge in [-0.3, -0.25) is 15.0 Å². The molecule has 6 heteroatoms. The maximum atomic E-state index is 11.4. The number of nitrogens with one attached hydrogen (secondary N) is 2. The second-order valence-electron chi connectivity index (χ2n) is 4.73. The zero-order valence-electron chi connectivity index (χ0n) is 10.7. The van der Waals surface area contributed by atoms with Crippen molar-refractivity contribution in [3.05, 3.63) is 0 Å². The van der Waals surface area contributed by atoms with E-state index < -0.39 is 18.0 Å². The van der Waals surface area contributed by atoms with Crippen LogP contribution in [-0.2, 0) is 4.79 Å². The summed E-state index contributed by atoms with van der Waals surface area (Å²) in [5.74, 6) is -0.390. The Hall–Kier alpha value is -1.14. The van der Waals surface area contributed by atoms with Crippen LogP contribution < -0.4 is 16.4 Å². The lowest BCUT2D eigenvalue weighted by Gasteiger charge is -2.26. The molecule has 1 fully saturated rings. The average Bonchev–Trinajstić information content (AvgIpc) is 3.06. The van der Waals surface area contributed by atoms with E-state index >= 15 is 0 Å². The van der Waals surface area contributed by atoms with E-state index in [2.05, 4.69) is 29.5 Å². The molecule has 0 spiro atoms. The lowest BCUT2D eigenvalue weighted by molar-refractivity contribution is -0.121. The molecule has 0 saturated heterocycles. The maximum Gasteiger partial charge on any atom is 0.318 e. The van der Waals surface area contributed by atoms with Crippen molar-refractivity contribution in [3.63, 3.8) is 0 Å². The summed E-state index contributed by atoms with van der Waals surface area (Å²) >= 11 is 0. The number of hydrogen-bond donors (Lipinski definition) is 3. The fourth-order valence-corrected chi connectivity index (χ4v) is 1.66. The number of carbonyl (C=O) groups excluding carboxylic acids is 2. The summed E-state index contributed by atoms with van der Waals surface area (Å²) in [6.45, 7) is 4.53. The Balaban J connectivity index is 2.24. The van der Waals surface area contributed by atoms with E-state index in [9.17, 15) is 9.59 Å². The fraction of sp³-hybridized carbons (Fsp3) is 0.818. The van der Waals surface area contributed by atoms with Gasteiger partial charge in [0.05, 0.1) is 6.04 Å². The molecule has 0 bridgehead atoms. The largest absolute Gasteiger partial charge is 0.351 e. The first-order valence-corrected chi connectivity index (χ1v) is 5.97. The highest BCUT2D eigenvalue weighted by molar-refractivity contribution is 5.96. The van der Waals surface area contributed by atoms with Crippen LogP contribution in [0.5, 0.6) is 0 Å². The number of imide groups is 1. The zero-order valence-corrected chi connectivity index (χ0v) is 10.7. The number of carbonyl (C=O) groups is 2. The number of amides is 3. The first-order chi connectivity index (χ1) is 7.91. The van der Waals surface area contributed by atoms with E-state index in [0.29, 0.717) is 18.6 Å². The van der Waals surface area contributed by atoms with E-state index in [1.54, 1.807) is 6.92 Å². The normalized spacial score (nSPS) is 18.8. The molecule has 4 N–H and O–H groups in total.